The number of benzene rings is 1. The lowest BCUT2D eigenvalue weighted by Gasteiger charge is -2.27. The quantitative estimate of drug-likeness (QED) is 0.914. The molecule has 2 aromatic rings. The molecule has 3 rings (SSSR count). The van der Waals surface area contributed by atoms with Gasteiger partial charge in [-0.2, -0.15) is 4.98 Å². The zero-order valence-electron chi connectivity index (χ0n) is 12.2. The Kier molecular flexibility index (Phi) is 4.70. The molecule has 4 nitrogen and oxygen atoms in total. The Labute approximate surface area is 133 Å². The van der Waals surface area contributed by atoms with E-state index < -0.39 is 0 Å². The molecule has 2 unspecified atom stereocenters. The number of rotatable bonds is 4. The van der Waals surface area contributed by atoms with Crippen molar-refractivity contribution in [3.8, 4) is 11.4 Å². The second-order valence-electron chi connectivity index (χ2n) is 5.78. The van der Waals surface area contributed by atoms with Crippen molar-refractivity contribution in [1.29, 1.82) is 0 Å². The second-order valence-corrected chi connectivity index (χ2v) is 6.63. The van der Waals surface area contributed by atoms with Gasteiger partial charge in [-0.1, -0.05) is 40.1 Å². The van der Waals surface area contributed by atoms with Crippen LogP contribution in [0.25, 0.3) is 11.4 Å². The molecule has 0 radical (unpaired) electrons. The SMILES string of the molecule is CC(Cc1nc(-c2ccccc2Br)no1)C1CCCNC1. The molecule has 1 aliphatic heterocycles. The van der Waals surface area contributed by atoms with Crippen LogP contribution >= 0.6 is 15.9 Å². The van der Waals surface area contributed by atoms with Crippen LogP contribution in [0.2, 0.25) is 0 Å². The summed E-state index contributed by atoms with van der Waals surface area (Å²) in [5.74, 6) is 2.66. The largest absolute Gasteiger partial charge is 0.339 e. The minimum Gasteiger partial charge on any atom is -0.339 e. The van der Waals surface area contributed by atoms with Crippen molar-refractivity contribution in [3.05, 3.63) is 34.6 Å². The van der Waals surface area contributed by atoms with E-state index in [0.717, 1.165) is 35.4 Å². The van der Waals surface area contributed by atoms with E-state index in [4.69, 9.17) is 4.52 Å². The minimum absolute atomic E-state index is 0.560. The number of aromatic nitrogens is 2. The van der Waals surface area contributed by atoms with Crippen LogP contribution in [0.1, 0.15) is 25.7 Å². The molecule has 0 amide bonds. The lowest BCUT2D eigenvalue weighted by Crippen LogP contribution is -2.33. The summed E-state index contributed by atoms with van der Waals surface area (Å²) in [6, 6.07) is 7.94. The molecule has 1 N–H and O–H groups in total. The van der Waals surface area contributed by atoms with Crippen LogP contribution in [0.3, 0.4) is 0 Å². The molecule has 2 heterocycles. The van der Waals surface area contributed by atoms with E-state index in [1.165, 1.54) is 12.8 Å². The maximum atomic E-state index is 5.43. The Bertz CT molecular complexity index is 593. The van der Waals surface area contributed by atoms with Gasteiger partial charge in [0.2, 0.25) is 11.7 Å². The smallest absolute Gasteiger partial charge is 0.227 e. The fourth-order valence-corrected chi connectivity index (χ4v) is 3.36. The van der Waals surface area contributed by atoms with Gasteiger partial charge < -0.3 is 9.84 Å². The Balaban J connectivity index is 1.69. The Morgan fingerprint density at radius 1 is 1.43 bits per heavy atom. The monoisotopic (exact) mass is 349 g/mol. The highest BCUT2D eigenvalue weighted by molar-refractivity contribution is 9.10. The lowest BCUT2D eigenvalue weighted by atomic mass is 9.85. The van der Waals surface area contributed by atoms with E-state index in [2.05, 4.69) is 38.3 Å². The summed E-state index contributed by atoms with van der Waals surface area (Å²) in [6.45, 7) is 4.53. The first-order chi connectivity index (χ1) is 10.2. The summed E-state index contributed by atoms with van der Waals surface area (Å²) in [5.41, 5.74) is 0.972. The van der Waals surface area contributed by atoms with Crippen molar-refractivity contribution in [2.24, 2.45) is 11.8 Å². The lowest BCUT2D eigenvalue weighted by molar-refractivity contribution is 0.257. The van der Waals surface area contributed by atoms with Crippen LogP contribution in [0, 0.1) is 11.8 Å². The highest BCUT2D eigenvalue weighted by Crippen LogP contribution is 2.27. The zero-order valence-corrected chi connectivity index (χ0v) is 13.8. The summed E-state index contributed by atoms with van der Waals surface area (Å²) in [4.78, 5) is 4.55. The highest BCUT2D eigenvalue weighted by atomic mass is 79.9. The highest BCUT2D eigenvalue weighted by Gasteiger charge is 2.22. The van der Waals surface area contributed by atoms with Gasteiger partial charge in [0.1, 0.15) is 0 Å². The molecule has 112 valence electrons. The van der Waals surface area contributed by atoms with E-state index in [1.807, 2.05) is 24.3 Å². The molecule has 5 heteroatoms. The maximum Gasteiger partial charge on any atom is 0.227 e. The third-order valence-electron chi connectivity index (χ3n) is 4.22. The second kappa shape index (κ2) is 6.71. The van der Waals surface area contributed by atoms with Crippen molar-refractivity contribution in [3.63, 3.8) is 0 Å². The van der Waals surface area contributed by atoms with E-state index >= 15 is 0 Å². The van der Waals surface area contributed by atoms with Crippen LogP contribution in [-0.4, -0.2) is 23.2 Å². The van der Waals surface area contributed by atoms with Gasteiger partial charge in [-0.15, -0.1) is 0 Å². The number of piperidine rings is 1. The third kappa shape index (κ3) is 3.52. The number of halogens is 1. The van der Waals surface area contributed by atoms with Crippen molar-refractivity contribution < 1.29 is 4.52 Å². The molecular formula is C16H20BrN3O. The van der Waals surface area contributed by atoms with Gasteiger partial charge in [-0.25, -0.2) is 0 Å². The first-order valence-electron chi connectivity index (χ1n) is 7.52. The number of hydrogen-bond acceptors (Lipinski definition) is 4. The molecule has 1 fully saturated rings. The summed E-state index contributed by atoms with van der Waals surface area (Å²) < 4.78 is 6.42. The molecule has 21 heavy (non-hydrogen) atoms. The van der Waals surface area contributed by atoms with Gasteiger partial charge in [0.05, 0.1) is 0 Å². The molecule has 1 saturated heterocycles. The van der Waals surface area contributed by atoms with Crippen LogP contribution in [0.5, 0.6) is 0 Å². The standard InChI is InChI=1S/C16H20BrN3O/c1-11(12-5-4-8-18-10-12)9-15-19-16(20-21-15)13-6-2-3-7-14(13)17/h2-3,6-7,11-12,18H,4-5,8-10H2,1H3. The minimum atomic E-state index is 0.560. The fourth-order valence-electron chi connectivity index (χ4n) is 2.90. The molecule has 0 spiro atoms. The van der Waals surface area contributed by atoms with E-state index in [1.54, 1.807) is 0 Å². The predicted octanol–water partition coefficient (Wildman–Crippen LogP) is 3.68. The van der Waals surface area contributed by atoms with E-state index in [-0.39, 0.29) is 0 Å². The summed E-state index contributed by atoms with van der Waals surface area (Å²) in [5, 5.41) is 7.58. The van der Waals surface area contributed by atoms with Crippen LogP contribution in [0.4, 0.5) is 0 Å². The zero-order chi connectivity index (χ0) is 14.7. The Morgan fingerprint density at radius 3 is 3.05 bits per heavy atom. The summed E-state index contributed by atoms with van der Waals surface area (Å²) in [7, 11) is 0. The third-order valence-corrected chi connectivity index (χ3v) is 4.91. The molecule has 0 aliphatic carbocycles. The average Bonchev–Trinajstić information content (AvgIpc) is 2.97. The van der Waals surface area contributed by atoms with E-state index in [9.17, 15) is 0 Å². The average molecular weight is 350 g/mol. The van der Waals surface area contributed by atoms with E-state index in [0.29, 0.717) is 17.7 Å². The van der Waals surface area contributed by atoms with Gasteiger partial charge in [-0.05, 0) is 49.9 Å². The summed E-state index contributed by atoms with van der Waals surface area (Å²) in [6.07, 6.45) is 3.41. The molecular weight excluding hydrogens is 330 g/mol. The van der Waals surface area contributed by atoms with Crippen LogP contribution < -0.4 is 5.32 Å². The molecule has 2 atom stereocenters. The molecule has 1 aromatic carbocycles. The first kappa shape index (κ1) is 14.7. The Hall–Kier alpha value is -1.20. The molecule has 1 aliphatic rings. The topological polar surface area (TPSA) is 51.0 Å². The van der Waals surface area contributed by atoms with Crippen molar-refractivity contribution in [2.75, 3.05) is 13.1 Å². The maximum absolute atomic E-state index is 5.43. The van der Waals surface area contributed by atoms with Crippen molar-refractivity contribution in [2.45, 2.75) is 26.2 Å². The van der Waals surface area contributed by atoms with Crippen molar-refractivity contribution in [1.82, 2.24) is 15.5 Å². The first-order valence-corrected chi connectivity index (χ1v) is 8.31. The number of nitrogens with zero attached hydrogens (tertiary/aromatic N) is 2. The van der Waals surface area contributed by atoms with Gasteiger partial charge in [0.25, 0.3) is 0 Å². The van der Waals surface area contributed by atoms with Crippen LogP contribution in [-0.2, 0) is 6.42 Å². The Morgan fingerprint density at radius 2 is 2.29 bits per heavy atom. The normalized spacial score (nSPS) is 20.4. The fraction of sp³-hybridized carbons (Fsp3) is 0.500. The predicted molar refractivity (Wildman–Crippen MR) is 85.9 cm³/mol. The summed E-state index contributed by atoms with van der Waals surface area (Å²) >= 11 is 3.53. The molecule has 0 bridgehead atoms. The van der Waals surface area contributed by atoms with Gasteiger partial charge in [0.15, 0.2) is 0 Å². The van der Waals surface area contributed by atoms with Crippen LogP contribution in [0.15, 0.2) is 33.3 Å². The van der Waals surface area contributed by atoms with Gasteiger partial charge >= 0.3 is 0 Å². The van der Waals surface area contributed by atoms with Gasteiger partial charge in [-0.3, -0.25) is 0 Å². The number of hydrogen-bond donors (Lipinski definition) is 1. The van der Waals surface area contributed by atoms with Gasteiger partial charge in [0, 0.05) is 16.5 Å². The number of nitrogens with one attached hydrogen (secondary N) is 1. The molecule has 0 saturated carbocycles. The molecule has 1 aromatic heterocycles. The van der Waals surface area contributed by atoms with Crippen molar-refractivity contribution >= 4 is 15.9 Å².